The van der Waals surface area contributed by atoms with Gasteiger partial charge in [0.15, 0.2) is 15.1 Å². The molecule has 9 heteroatoms. The number of hydrogen-bond donors (Lipinski definition) is 2. The molecular formula is C17H19ClN4O2S2. The van der Waals surface area contributed by atoms with Gasteiger partial charge in [0, 0.05) is 23.3 Å². The molecule has 2 N–H and O–H groups in total. The van der Waals surface area contributed by atoms with E-state index in [2.05, 4.69) is 21.9 Å². The number of rotatable bonds is 6. The fourth-order valence-corrected chi connectivity index (χ4v) is 5.88. The van der Waals surface area contributed by atoms with Crippen LogP contribution < -0.4 is 10.0 Å². The number of nitrogens with zero attached hydrogens (tertiary/aromatic N) is 2. The number of imidazole rings is 1. The monoisotopic (exact) mass is 410 g/mol. The van der Waals surface area contributed by atoms with Gasteiger partial charge in [0.1, 0.15) is 0 Å². The van der Waals surface area contributed by atoms with Crippen LogP contribution >= 0.6 is 22.9 Å². The van der Waals surface area contributed by atoms with E-state index in [1.54, 1.807) is 17.6 Å². The molecule has 0 radical (unpaired) electrons. The second kappa shape index (κ2) is 6.84. The van der Waals surface area contributed by atoms with Gasteiger partial charge in [-0.2, -0.15) is 8.42 Å². The molecule has 3 aromatic rings. The van der Waals surface area contributed by atoms with Crippen molar-refractivity contribution in [3.63, 3.8) is 0 Å². The van der Waals surface area contributed by atoms with Gasteiger partial charge < -0.3 is 5.32 Å². The molecule has 2 aromatic heterocycles. The Morgan fingerprint density at radius 2 is 2.27 bits per heavy atom. The van der Waals surface area contributed by atoms with Crippen molar-refractivity contribution in [3.05, 3.63) is 46.1 Å². The first-order valence-electron chi connectivity index (χ1n) is 8.49. The van der Waals surface area contributed by atoms with Crippen molar-refractivity contribution in [1.29, 1.82) is 0 Å². The number of thiazole rings is 1. The Morgan fingerprint density at radius 3 is 3.08 bits per heavy atom. The molecule has 0 saturated carbocycles. The molecule has 0 spiro atoms. The van der Waals surface area contributed by atoms with Gasteiger partial charge in [-0.15, -0.1) is 11.3 Å². The first kappa shape index (κ1) is 17.8. The molecule has 1 unspecified atom stereocenters. The third-order valence-corrected chi connectivity index (χ3v) is 7.09. The summed E-state index contributed by atoms with van der Waals surface area (Å²) in [5.74, 6) is 0. The molecule has 26 heavy (non-hydrogen) atoms. The number of anilines is 1. The van der Waals surface area contributed by atoms with Crippen LogP contribution in [0.3, 0.4) is 0 Å². The third-order valence-electron chi connectivity index (χ3n) is 4.55. The Morgan fingerprint density at radius 1 is 1.42 bits per heavy atom. The van der Waals surface area contributed by atoms with Gasteiger partial charge in [-0.3, -0.25) is 9.12 Å². The van der Waals surface area contributed by atoms with E-state index in [1.807, 2.05) is 12.1 Å². The Balaban J connectivity index is 1.65. The Bertz CT molecular complexity index is 1060. The van der Waals surface area contributed by atoms with E-state index in [0.717, 1.165) is 25.8 Å². The highest BCUT2D eigenvalue weighted by Gasteiger charge is 2.27. The zero-order valence-corrected chi connectivity index (χ0v) is 16.6. The maximum Gasteiger partial charge on any atom is 0.281 e. The molecular weight excluding hydrogens is 392 g/mol. The summed E-state index contributed by atoms with van der Waals surface area (Å²) in [5.41, 5.74) is 2.97. The number of nitrogens with one attached hydrogen (secondary N) is 2. The minimum Gasteiger partial charge on any atom is -0.310 e. The van der Waals surface area contributed by atoms with E-state index in [-0.39, 0.29) is 16.2 Å². The number of benzene rings is 1. The summed E-state index contributed by atoms with van der Waals surface area (Å²) in [5, 5.41) is 5.25. The van der Waals surface area contributed by atoms with Crippen LogP contribution in [0.25, 0.3) is 4.96 Å². The van der Waals surface area contributed by atoms with Gasteiger partial charge in [0.05, 0.1) is 0 Å². The van der Waals surface area contributed by atoms with Crippen molar-refractivity contribution in [3.8, 4) is 0 Å². The highest BCUT2D eigenvalue weighted by Crippen LogP contribution is 2.34. The van der Waals surface area contributed by atoms with Crippen LogP contribution in [0.5, 0.6) is 0 Å². The lowest BCUT2D eigenvalue weighted by Gasteiger charge is -2.15. The summed E-state index contributed by atoms with van der Waals surface area (Å²) in [7, 11) is -3.84. The molecule has 1 aliphatic rings. The largest absolute Gasteiger partial charge is 0.310 e. The summed E-state index contributed by atoms with van der Waals surface area (Å²) >= 11 is 7.42. The molecule has 4 rings (SSSR count). The van der Waals surface area contributed by atoms with Gasteiger partial charge in [-0.05, 0) is 49.1 Å². The molecule has 2 heterocycles. The van der Waals surface area contributed by atoms with Crippen molar-refractivity contribution < 1.29 is 8.42 Å². The highest BCUT2D eigenvalue weighted by molar-refractivity contribution is 7.92. The lowest BCUT2D eigenvalue weighted by Crippen LogP contribution is -2.20. The standard InChI is InChI=1S/C17H19ClN4O2S2/c1-2-7-19-14-6-4-11-3-5-12(10-13(11)14)21-26(23,24)16-15(18)20-17-22(16)8-9-25-17/h3,5,8-10,14,19,21H,2,4,6-7H2,1H3. The maximum atomic E-state index is 12.9. The molecule has 6 nitrogen and oxygen atoms in total. The Hall–Kier alpha value is -1.61. The van der Waals surface area contributed by atoms with Crippen molar-refractivity contribution in [2.75, 3.05) is 11.3 Å². The lowest BCUT2D eigenvalue weighted by molar-refractivity contribution is 0.529. The van der Waals surface area contributed by atoms with E-state index in [1.165, 1.54) is 26.9 Å². The van der Waals surface area contributed by atoms with Crippen LogP contribution in [-0.4, -0.2) is 24.3 Å². The summed E-state index contributed by atoms with van der Waals surface area (Å²) < 4.78 is 29.9. The SMILES string of the molecule is CCCNC1CCc2ccc(NS(=O)(=O)c3c(Cl)nc4sccn34)cc21. The fourth-order valence-electron chi connectivity index (χ4n) is 3.38. The average molecular weight is 411 g/mol. The summed E-state index contributed by atoms with van der Waals surface area (Å²) in [4.78, 5) is 4.65. The first-order valence-corrected chi connectivity index (χ1v) is 11.2. The number of fused-ring (bicyclic) bond motifs is 2. The molecule has 0 fully saturated rings. The van der Waals surface area contributed by atoms with E-state index in [4.69, 9.17) is 11.6 Å². The van der Waals surface area contributed by atoms with Crippen molar-refractivity contribution in [2.24, 2.45) is 0 Å². The first-order chi connectivity index (χ1) is 12.5. The second-order valence-corrected chi connectivity index (χ2v) is 9.16. The van der Waals surface area contributed by atoms with Gasteiger partial charge >= 0.3 is 0 Å². The van der Waals surface area contributed by atoms with Gasteiger partial charge in [-0.1, -0.05) is 24.6 Å². The zero-order chi connectivity index (χ0) is 18.3. The van der Waals surface area contributed by atoms with Crippen molar-refractivity contribution >= 4 is 43.6 Å². The number of hydrogen-bond acceptors (Lipinski definition) is 5. The molecule has 1 aliphatic carbocycles. The van der Waals surface area contributed by atoms with Crippen LogP contribution in [0.2, 0.25) is 5.15 Å². The van der Waals surface area contributed by atoms with Gasteiger partial charge in [0.2, 0.25) is 0 Å². The Labute approximate surface area is 161 Å². The van der Waals surface area contributed by atoms with Crippen molar-refractivity contribution in [1.82, 2.24) is 14.7 Å². The predicted molar refractivity (Wildman–Crippen MR) is 105 cm³/mol. The van der Waals surface area contributed by atoms with Crippen LogP contribution in [0.4, 0.5) is 5.69 Å². The smallest absolute Gasteiger partial charge is 0.281 e. The minimum absolute atomic E-state index is 0.0204. The molecule has 0 bridgehead atoms. The number of aromatic nitrogens is 2. The van der Waals surface area contributed by atoms with E-state index < -0.39 is 10.0 Å². The van der Waals surface area contributed by atoms with Gasteiger partial charge in [-0.25, -0.2) is 4.98 Å². The topological polar surface area (TPSA) is 75.5 Å². The third kappa shape index (κ3) is 3.11. The fraction of sp³-hybridized carbons (Fsp3) is 0.353. The molecule has 0 amide bonds. The maximum absolute atomic E-state index is 12.9. The average Bonchev–Trinajstić information content (AvgIpc) is 3.26. The highest BCUT2D eigenvalue weighted by atomic mass is 35.5. The molecule has 0 saturated heterocycles. The minimum atomic E-state index is -3.84. The summed E-state index contributed by atoms with van der Waals surface area (Å²) in [6, 6.07) is 6.00. The quantitative estimate of drug-likeness (QED) is 0.647. The Kier molecular flexibility index (Phi) is 4.68. The van der Waals surface area contributed by atoms with Crippen LogP contribution in [0, 0.1) is 0 Å². The number of aryl methyl sites for hydroxylation is 1. The summed E-state index contributed by atoms with van der Waals surface area (Å²) in [6.45, 7) is 3.08. The predicted octanol–water partition coefficient (Wildman–Crippen LogP) is 3.84. The molecule has 1 atom stereocenters. The molecule has 0 aliphatic heterocycles. The van der Waals surface area contributed by atoms with Crippen LogP contribution in [0.15, 0.2) is 34.8 Å². The summed E-state index contributed by atoms with van der Waals surface area (Å²) in [6.07, 6.45) is 4.76. The number of sulfonamides is 1. The normalized spacial score (nSPS) is 16.9. The van der Waals surface area contributed by atoms with Crippen LogP contribution in [0.1, 0.15) is 36.9 Å². The zero-order valence-electron chi connectivity index (χ0n) is 14.2. The molecule has 1 aromatic carbocycles. The molecule has 138 valence electrons. The second-order valence-electron chi connectivity index (χ2n) is 6.33. The lowest BCUT2D eigenvalue weighted by atomic mass is 10.1. The number of halogens is 1. The van der Waals surface area contributed by atoms with E-state index in [0.29, 0.717) is 10.6 Å². The van der Waals surface area contributed by atoms with Crippen LogP contribution in [-0.2, 0) is 16.4 Å². The van der Waals surface area contributed by atoms with E-state index >= 15 is 0 Å². The van der Waals surface area contributed by atoms with E-state index in [9.17, 15) is 8.42 Å². The van der Waals surface area contributed by atoms with Crippen molar-refractivity contribution in [2.45, 2.75) is 37.3 Å². The van der Waals surface area contributed by atoms with Gasteiger partial charge in [0.25, 0.3) is 10.0 Å².